The summed E-state index contributed by atoms with van der Waals surface area (Å²) in [6, 6.07) is 0. The van der Waals surface area contributed by atoms with Crippen LogP contribution < -0.4 is 5.73 Å². The Morgan fingerprint density at radius 1 is 1.62 bits per heavy atom. The van der Waals surface area contributed by atoms with Gasteiger partial charge in [-0.05, 0) is 31.3 Å². The Bertz CT molecular complexity index is 343. The minimum atomic E-state index is -2.49. The molecule has 16 heavy (non-hydrogen) atoms. The molecule has 0 bridgehead atoms. The molecular weight excluding hydrogens is 212 g/mol. The average molecular weight is 227 g/mol. The zero-order chi connectivity index (χ0) is 11.5. The Kier molecular flexibility index (Phi) is 3.22. The molecule has 3 nitrogen and oxygen atoms in total. The molecule has 1 aliphatic heterocycles. The predicted molar refractivity (Wildman–Crippen MR) is 58.9 cm³/mol. The molecule has 0 saturated heterocycles. The maximum absolute atomic E-state index is 12.3. The second-order valence-electron chi connectivity index (χ2n) is 4.12. The fraction of sp³-hybridized carbons (Fsp3) is 0.545. The van der Waals surface area contributed by atoms with Gasteiger partial charge in [-0.1, -0.05) is 0 Å². The first-order valence-corrected chi connectivity index (χ1v) is 5.39. The number of allylic oxidation sites excluding steroid dienone is 2. The lowest BCUT2D eigenvalue weighted by atomic mass is 10.2. The molecule has 0 unspecified atom stereocenters. The highest BCUT2D eigenvalue weighted by Crippen LogP contribution is 2.36. The molecule has 0 atom stereocenters. The molecule has 1 saturated carbocycles. The van der Waals surface area contributed by atoms with Gasteiger partial charge >= 0.3 is 0 Å². The standard InChI is InChI=1S/C11H15F2N3/c12-11(13)10-3-4-16(7-15-10)9(6-14)5-8-1-2-8/h3-4,6,8,11H,1-2,5,7,14H2. The minimum Gasteiger partial charge on any atom is -0.403 e. The second kappa shape index (κ2) is 4.63. The molecule has 2 aliphatic rings. The lowest BCUT2D eigenvalue weighted by Crippen LogP contribution is -2.25. The van der Waals surface area contributed by atoms with Crippen molar-refractivity contribution in [2.24, 2.45) is 16.6 Å². The lowest BCUT2D eigenvalue weighted by molar-refractivity contribution is 0.225. The van der Waals surface area contributed by atoms with E-state index in [0.717, 1.165) is 12.1 Å². The highest BCUT2D eigenvalue weighted by Gasteiger charge is 2.25. The fourth-order valence-electron chi connectivity index (χ4n) is 1.65. The number of halogens is 2. The Balaban J connectivity index is 1.95. The fourth-order valence-corrected chi connectivity index (χ4v) is 1.65. The van der Waals surface area contributed by atoms with Gasteiger partial charge in [0.25, 0.3) is 6.43 Å². The third-order valence-corrected chi connectivity index (χ3v) is 2.81. The zero-order valence-electron chi connectivity index (χ0n) is 8.94. The summed E-state index contributed by atoms with van der Waals surface area (Å²) in [6.07, 6.45) is 5.43. The van der Waals surface area contributed by atoms with E-state index in [1.165, 1.54) is 18.9 Å². The zero-order valence-corrected chi connectivity index (χ0v) is 8.94. The molecule has 88 valence electrons. The molecule has 1 aliphatic carbocycles. The number of nitrogens with zero attached hydrogens (tertiary/aromatic N) is 2. The van der Waals surface area contributed by atoms with Crippen LogP contribution in [0.3, 0.4) is 0 Å². The number of hydrogen-bond acceptors (Lipinski definition) is 3. The highest BCUT2D eigenvalue weighted by molar-refractivity contribution is 5.97. The van der Waals surface area contributed by atoms with E-state index >= 15 is 0 Å². The molecule has 1 fully saturated rings. The van der Waals surface area contributed by atoms with Crippen molar-refractivity contribution in [3.63, 3.8) is 0 Å². The summed E-state index contributed by atoms with van der Waals surface area (Å²) in [6.45, 7) is 0.242. The summed E-state index contributed by atoms with van der Waals surface area (Å²) in [4.78, 5) is 5.64. The van der Waals surface area contributed by atoms with Crippen molar-refractivity contribution in [3.8, 4) is 0 Å². The van der Waals surface area contributed by atoms with Crippen LogP contribution in [0, 0.1) is 5.92 Å². The lowest BCUT2D eigenvalue weighted by Gasteiger charge is -2.24. The van der Waals surface area contributed by atoms with Crippen LogP contribution in [-0.4, -0.2) is 23.7 Å². The maximum Gasteiger partial charge on any atom is 0.280 e. The van der Waals surface area contributed by atoms with Crippen molar-refractivity contribution in [2.75, 3.05) is 6.67 Å². The molecule has 0 aromatic carbocycles. The first kappa shape index (κ1) is 11.1. The van der Waals surface area contributed by atoms with Crippen LogP contribution in [0.5, 0.6) is 0 Å². The van der Waals surface area contributed by atoms with Gasteiger partial charge in [-0.3, -0.25) is 4.99 Å². The minimum absolute atomic E-state index is 0.154. The van der Waals surface area contributed by atoms with Gasteiger partial charge in [0.05, 0.1) is 0 Å². The van der Waals surface area contributed by atoms with E-state index in [9.17, 15) is 8.78 Å². The Morgan fingerprint density at radius 2 is 2.38 bits per heavy atom. The van der Waals surface area contributed by atoms with Crippen LogP contribution in [0.2, 0.25) is 0 Å². The number of rotatable bonds is 4. The smallest absolute Gasteiger partial charge is 0.280 e. The van der Waals surface area contributed by atoms with Crippen molar-refractivity contribution < 1.29 is 8.78 Å². The molecule has 2 rings (SSSR count). The summed E-state index contributed by atoms with van der Waals surface area (Å²) in [5.41, 5.74) is 6.35. The number of hydrogen-bond donors (Lipinski definition) is 1. The Hall–Kier alpha value is -1.39. The van der Waals surface area contributed by atoms with Gasteiger partial charge in [0.1, 0.15) is 12.4 Å². The summed E-state index contributed by atoms with van der Waals surface area (Å²) in [5, 5.41) is 0. The first-order valence-electron chi connectivity index (χ1n) is 5.39. The van der Waals surface area contributed by atoms with E-state index in [1.54, 1.807) is 12.4 Å². The van der Waals surface area contributed by atoms with Crippen LogP contribution in [0.1, 0.15) is 19.3 Å². The third kappa shape index (κ3) is 2.59. The average Bonchev–Trinajstić information content (AvgIpc) is 3.10. The molecule has 2 N–H and O–H groups in total. The molecule has 0 aromatic rings. The van der Waals surface area contributed by atoms with Gasteiger partial charge < -0.3 is 10.6 Å². The van der Waals surface area contributed by atoms with Gasteiger partial charge in [0.2, 0.25) is 0 Å². The van der Waals surface area contributed by atoms with Gasteiger partial charge in [-0.25, -0.2) is 8.78 Å². The number of alkyl halides is 2. The van der Waals surface area contributed by atoms with Crippen LogP contribution in [0.25, 0.3) is 0 Å². The molecule has 0 radical (unpaired) electrons. The first-order chi connectivity index (χ1) is 7.70. The second-order valence-corrected chi connectivity index (χ2v) is 4.12. The Labute approximate surface area is 93.3 Å². The van der Waals surface area contributed by atoms with Gasteiger partial charge in [-0.15, -0.1) is 0 Å². The van der Waals surface area contributed by atoms with E-state index in [4.69, 9.17) is 5.73 Å². The van der Waals surface area contributed by atoms with E-state index in [2.05, 4.69) is 4.99 Å². The number of nitrogens with two attached hydrogens (primary N) is 1. The van der Waals surface area contributed by atoms with Crippen LogP contribution in [0.15, 0.2) is 29.2 Å². The van der Waals surface area contributed by atoms with Crippen molar-refractivity contribution in [2.45, 2.75) is 25.7 Å². The molecule has 0 aromatic heterocycles. The summed E-state index contributed by atoms with van der Waals surface area (Å²) in [7, 11) is 0. The largest absolute Gasteiger partial charge is 0.403 e. The van der Waals surface area contributed by atoms with Crippen LogP contribution in [0.4, 0.5) is 8.78 Å². The van der Waals surface area contributed by atoms with Crippen molar-refractivity contribution in [3.05, 3.63) is 24.2 Å². The van der Waals surface area contributed by atoms with Gasteiger partial charge in [-0.2, -0.15) is 0 Å². The van der Waals surface area contributed by atoms with Gasteiger partial charge in [0.15, 0.2) is 0 Å². The maximum atomic E-state index is 12.3. The number of aliphatic imine (C=N–C) groups is 1. The van der Waals surface area contributed by atoms with Crippen molar-refractivity contribution in [1.29, 1.82) is 0 Å². The SMILES string of the molecule is NC=C(CC1CC1)N1C=CC(C(F)F)=NC1. The summed E-state index contributed by atoms with van der Waals surface area (Å²) in [5.74, 6) is 0.712. The molecule has 5 heteroatoms. The molecule has 0 spiro atoms. The predicted octanol–water partition coefficient (Wildman–Crippen LogP) is 2.08. The van der Waals surface area contributed by atoms with E-state index in [1.807, 2.05) is 4.90 Å². The van der Waals surface area contributed by atoms with Gasteiger partial charge in [0, 0.05) is 18.1 Å². The summed E-state index contributed by atoms with van der Waals surface area (Å²) >= 11 is 0. The monoisotopic (exact) mass is 227 g/mol. The molecular formula is C11H15F2N3. The summed E-state index contributed by atoms with van der Waals surface area (Å²) < 4.78 is 24.6. The molecule has 0 amide bonds. The van der Waals surface area contributed by atoms with E-state index in [-0.39, 0.29) is 12.4 Å². The molecule has 1 heterocycles. The Morgan fingerprint density at radius 3 is 2.81 bits per heavy atom. The van der Waals surface area contributed by atoms with E-state index in [0.29, 0.717) is 5.92 Å². The normalized spacial score (nSPS) is 21.6. The van der Waals surface area contributed by atoms with Crippen molar-refractivity contribution >= 4 is 5.71 Å². The third-order valence-electron chi connectivity index (χ3n) is 2.81. The van der Waals surface area contributed by atoms with Crippen LogP contribution in [-0.2, 0) is 0 Å². The van der Waals surface area contributed by atoms with Crippen LogP contribution >= 0.6 is 0 Å². The van der Waals surface area contributed by atoms with Crippen molar-refractivity contribution in [1.82, 2.24) is 4.90 Å². The topological polar surface area (TPSA) is 41.6 Å². The highest BCUT2D eigenvalue weighted by atomic mass is 19.3. The van der Waals surface area contributed by atoms with E-state index < -0.39 is 6.43 Å². The quantitative estimate of drug-likeness (QED) is 0.799.